The van der Waals surface area contributed by atoms with Gasteiger partial charge in [0.2, 0.25) is 0 Å². The molecule has 0 bridgehead atoms. The van der Waals surface area contributed by atoms with Gasteiger partial charge in [0.05, 0.1) is 35.0 Å². The van der Waals surface area contributed by atoms with Gasteiger partial charge >= 0.3 is 89.9 Å². The van der Waals surface area contributed by atoms with Gasteiger partial charge in [0.25, 0.3) is 0 Å². The molecule has 0 aromatic carbocycles. The molecule has 3 saturated carbocycles. The largest absolute Gasteiger partial charge is 0.516 e. The fraction of sp³-hybridized carbons (Fsp3) is 0.714. The van der Waals surface area contributed by atoms with Gasteiger partial charge in [0.15, 0.2) is 0 Å². The molecule has 15 nitrogen and oxygen atoms in total. The van der Waals surface area contributed by atoms with Crippen molar-refractivity contribution in [2.24, 2.45) is 48.7 Å². The predicted molar refractivity (Wildman–Crippen MR) is 213 cm³/mol. The van der Waals surface area contributed by atoms with Crippen molar-refractivity contribution in [2.75, 3.05) is 0 Å². The monoisotopic (exact) mass is 1490 g/mol. The zero-order valence-electron chi connectivity index (χ0n) is 40.9. The molecule has 6 atom stereocenters. The van der Waals surface area contributed by atoms with Crippen LogP contribution in [-0.4, -0.2) is 136 Å². The number of halogens is 21. The second-order valence-corrected chi connectivity index (χ2v) is 19.7. The topological polar surface area (TPSA) is 284 Å². The van der Waals surface area contributed by atoms with E-state index >= 15 is 0 Å². The minimum atomic E-state index is -6.78. The Balaban J connectivity index is 0. The van der Waals surface area contributed by atoms with E-state index < -0.39 is 177 Å². The molecule has 3 rings (SSSR count). The van der Waals surface area contributed by atoms with Gasteiger partial charge in [-0.3, -0.25) is 28.8 Å². The predicted octanol–water partition coefficient (Wildman–Crippen LogP) is 11.6. The Bertz CT molecular complexity index is 2200. The molecule has 3 fully saturated rings. The Kier molecular flexibility index (Phi) is 23.3. The summed E-state index contributed by atoms with van der Waals surface area (Å²) in [5.41, 5.74) is -28.7. The van der Waals surface area contributed by atoms with Crippen LogP contribution in [-0.2, 0) is 28.8 Å². The molecule has 3 aliphatic carbocycles. The SMILES string of the molecule is CC1(C)C(C=CO)(C(=O)O)CCC1(C(=O)O)C(F)(F)C(F)(F)C(F)(F)F.CC1(C)C(C=CO)(C(=O)O)CCC1(C(=O)O)C(F)(F)C(F)(F)C(F)(F)F.CC1(C)C(C=CO)(C(=O)O)CCC1(C(=O)O)C(F)(F)C(F)(F)C(F)(F)F.[Eu].[Eu]. The third kappa shape index (κ3) is 10.2. The minimum Gasteiger partial charge on any atom is -0.516 e. The van der Waals surface area contributed by atoms with Crippen LogP contribution < -0.4 is 0 Å². The maximum Gasteiger partial charge on any atom is 0.459 e. The molecule has 9 N–H and O–H groups in total. The Hall–Kier alpha value is -2.86. The van der Waals surface area contributed by atoms with Crippen LogP contribution in [0.25, 0.3) is 0 Å². The standard InChI is InChI=1S/3C14H15F7O5.2Eu/c3*1-9(2)10(5-6-22,7(23)24)3-4-11(9,8(25)26)12(15,16)13(17,18)14(19,20)21;;/h3*5-6,22H,3-4H2,1-2H3,(H,23,24)(H,25,26);;. The number of aliphatic hydroxyl groups excluding tert-OH is 3. The van der Waals surface area contributed by atoms with Crippen LogP contribution >= 0.6 is 0 Å². The number of aliphatic carboxylic acids is 6. The van der Waals surface area contributed by atoms with E-state index in [0.29, 0.717) is 59.8 Å². The van der Waals surface area contributed by atoms with Crippen molar-refractivity contribution in [3.05, 3.63) is 37.0 Å². The molecule has 0 spiro atoms. The summed E-state index contributed by atoms with van der Waals surface area (Å²) in [4.78, 5) is 69.7. The Morgan fingerprint density at radius 1 is 0.312 bits per heavy atom. The maximum atomic E-state index is 14.5. The molecule has 0 amide bonds. The fourth-order valence-corrected chi connectivity index (χ4v) is 11.3. The number of carboxylic acids is 6. The summed E-state index contributed by atoms with van der Waals surface area (Å²) in [6, 6.07) is 0. The van der Waals surface area contributed by atoms with E-state index in [9.17, 15) is 152 Å². The third-order valence-corrected chi connectivity index (χ3v) is 16.4. The first kappa shape index (κ1) is 79.2. The minimum absolute atomic E-state index is 0. The van der Waals surface area contributed by atoms with Gasteiger partial charge < -0.3 is 46.0 Å². The first-order valence-electron chi connectivity index (χ1n) is 21.0. The first-order valence-corrected chi connectivity index (χ1v) is 21.0. The van der Waals surface area contributed by atoms with Gasteiger partial charge in [-0.05, 0) is 56.8 Å². The van der Waals surface area contributed by atoms with Crippen LogP contribution in [0.2, 0.25) is 0 Å². The molecule has 0 heterocycles. The summed E-state index contributed by atoms with van der Waals surface area (Å²) < 4.78 is 282. The molecule has 80 heavy (non-hydrogen) atoms. The maximum absolute atomic E-state index is 14.5. The summed E-state index contributed by atoms with van der Waals surface area (Å²) in [6.45, 7) is 3.27. The molecular weight excluding hydrogens is 1450 g/mol. The second-order valence-electron chi connectivity index (χ2n) is 19.7. The van der Waals surface area contributed by atoms with Crippen LogP contribution in [0.15, 0.2) is 37.0 Å². The normalized spacial score (nSPS) is 29.1. The van der Waals surface area contributed by atoms with Crippen molar-refractivity contribution in [3.8, 4) is 0 Å². The van der Waals surface area contributed by atoms with Crippen LogP contribution in [0.1, 0.15) is 80.1 Å². The molecule has 38 heteroatoms. The zero-order valence-corrected chi connectivity index (χ0v) is 45.7. The Morgan fingerprint density at radius 2 is 0.463 bits per heavy atom. The number of carbonyl (C=O) groups is 6. The van der Waals surface area contributed by atoms with Crippen LogP contribution in [0, 0.1) is 147 Å². The van der Waals surface area contributed by atoms with Gasteiger partial charge in [0, 0.05) is 115 Å². The first-order chi connectivity index (χ1) is 34.2. The van der Waals surface area contributed by atoms with Gasteiger partial charge in [-0.2, -0.15) is 92.2 Å². The molecule has 464 valence electrons. The molecule has 0 aliphatic heterocycles. The van der Waals surface area contributed by atoms with Crippen molar-refractivity contribution >= 4 is 35.8 Å². The number of aliphatic hydroxyl groups is 3. The van der Waals surface area contributed by atoms with Crippen LogP contribution in [0.4, 0.5) is 92.2 Å². The molecule has 3 aliphatic rings. The zero-order chi connectivity index (χ0) is 62.9. The Labute approximate surface area is 516 Å². The average Bonchev–Trinajstić information content (AvgIpc) is 3.75. The molecule has 6 unspecified atom stereocenters. The van der Waals surface area contributed by atoms with E-state index in [0.717, 1.165) is 0 Å². The third-order valence-electron chi connectivity index (χ3n) is 16.4. The number of hydrogen-bond donors (Lipinski definition) is 9. The molecule has 0 aromatic heterocycles. The van der Waals surface area contributed by atoms with Gasteiger partial charge in [-0.1, -0.05) is 41.5 Å². The molecule has 0 aromatic rings. The van der Waals surface area contributed by atoms with Crippen LogP contribution in [0.5, 0.6) is 0 Å². The van der Waals surface area contributed by atoms with E-state index in [-0.39, 0.29) is 118 Å². The van der Waals surface area contributed by atoms with E-state index in [4.69, 9.17) is 15.3 Å². The number of alkyl halides is 21. The molecule has 2 radical (unpaired) electrons. The van der Waals surface area contributed by atoms with Crippen molar-refractivity contribution in [1.29, 1.82) is 0 Å². The van der Waals surface area contributed by atoms with E-state index in [2.05, 4.69) is 0 Å². The second kappa shape index (κ2) is 23.5. The van der Waals surface area contributed by atoms with Crippen molar-refractivity contribution in [1.82, 2.24) is 0 Å². The molecule has 0 saturated heterocycles. The summed E-state index contributed by atoms with van der Waals surface area (Å²) in [5.74, 6) is -52.8. The summed E-state index contributed by atoms with van der Waals surface area (Å²) in [6.07, 6.45) is -26.4. The summed E-state index contributed by atoms with van der Waals surface area (Å²) in [5, 5.41) is 82.5. The smallest absolute Gasteiger partial charge is 0.459 e. The van der Waals surface area contributed by atoms with Crippen molar-refractivity contribution < 1.29 is 266 Å². The average molecular weight is 1490 g/mol. The van der Waals surface area contributed by atoms with Gasteiger partial charge in [-0.15, -0.1) is 0 Å². The van der Waals surface area contributed by atoms with E-state index in [1.54, 1.807) is 0 Å². The van der Waals surface area contributed by atoms with E-state index in [1.807, 2.05) is 0 Å². The summed E-state index contributed by atoms with van der Waals surface area (Å²) in [7, 11) is 0. The quantitative estimate of drug-likeness (QED) is 0.0544. The van der Waals surface area contributed by atoms with Gasteiger partial charge in [0.1, 0.15) is 16.2 Å². The number of hydrogen-bond acceptors (Lipinski definition) is 9. The van der Waals surface area contributed by atoms with Crippen molar-refractivity contribution in [3.63, 3.8) is 0 Å². The number of rotatable bonds is 15. The van der Waals surface area contributed by atoms with Crippen molar-refractivity contribution in [2.45, 2.75) is 134 Å². The van der Waals surface area contributed by atoms with E-state index in [1.165, 1.54) is 0 Å². The Morgan fingerprint density at radius 3 is 0.562 bits per heavy atom. The van der Waals surface area contributed by atoms with Gasteiger partial charge in [-0.25, -0.2) is 0 Å². The van der Waals surface area contributed by atoms with Crippen LogP contribution in [0.3, 0.4) is 0 Å². The fourth-order valence-electron chi connectivity index (χ4n) is 11.3. The molecular formula is C42H45Eu2F21O15. The number of carboxylic acid groups (broad SMARTS) is 6. The summed E-state index contributed by atoms with van der Waals surface area (Å²) >= 11 is 0.